The normalized spacial score (nSPS) is 14.8. The lowest BCUT2D eigenvalue weighted by atomic mass is 9.87. The summed E-state index contributed by atoms with van der Waals surface area (Å²) < 4.78 is 13.1. The van der Waals surface area contributed by atoms with E-state index >= 15 is 0 Å². The molecule has 0 spiro atoms. The molecule has 0 saturated carbocycles. The number of rotatable bonds is 7. The number of halogens is 2. The van der Waals surface area contributed by atoms with Crippen LogP contribution in [0.25, 0.3) is 0 Å². The topological polar surface area (TPSA) is 0 Å². The number of alkyl halides is 1. The van der Waals surface area contributed by atoms with E-state index < -0.39 is 0 Å². The molecule has 2 atom stereocenters. The largest absolute Gasteiger partial charge is 0.207 e. The molecule has 0 aliphatic rings. The van der Waals surface area contributed by atoms with Crippen molar-refractivity contribution in [2.75, 3.05) is 5.88 Å². The van der Waals surface area contributed by atoms with Crippen molar-refractivity contribution < 1.29 is 4.39 Å². The third-order valence-corrected chi connectivity index (χ3v) is 3.68. The Bertz CT molecular complexity index is 349. The average molecular weight is 271 g/mol. The first-order chi connectivity index (χ1) is 8.51. The Labute approximate surface area is 116 Å². The molecule has 0 heterocycles. The Morgan fingerprint density at radius 2 is 1.89 bits per heavy atom. The van der Waals surface area contributed by atoms with E-state index in [1.54, 1.807) is 12.1 Å². The lowest BCUT2D eigenvalue weighted by Crippen LogP contribution is -2.13. The van der Waals surface area contributed by atoms with Gasteiger partial charge in [0.2, 0.25) is 0 Å². The van der Waals surface area contributed by atoms with Gasteiger partial charge in [-0.1, -0.05) is 32.9 Å². The van der Waals surface area contributed by atoms with Crippen LogP contribution in [0.4, 0.5) is 4.39 Å². The van der Waals surface area contributed by atoms with Gasteiger partial charge in [0, 0.05) is 5.88 Å². The van der Waals surface area contributed by atoms with Crippen LogP contribution >= 0.6 is 11.6 Å². The van der Waals surface area contributed by atoms with Crippen molar-refractivity contribution >= 4 is 11.6 Å². The molecule has 2 heteroatoms. The number of benzene rings is 1. The van der Waals surface area contributed by atoms with Gasteiger partial charge in [-0.15, -0.1) is 11.6 Å². The Morgan fingerprint density at radius 3 is 2.44 bits per heavy atom. The predicted octanol–water partition coefficient (Wildman–Crippen LogP) is 5.30. The van der Waals surface area contributed by atoms with Gasteiger partial charge in [-0.3, -0.25) is 0 Å². The van der Waals surface area contributed by atoms with E-state index in [9.17, 15) is 4.39 Å². The molecule has 0 bridgehead atoms. The van der Waals surface area contributed by atoms with E-state index in [2.05, 4.69) is 20.8 Å². The molecular formula is C16H24ClF. The Morgan fingerprint density at radius 1 is 1.17 bits per heavy atom. The highest BCUT2D eigenvalue weighted by Gasteiger charge is 2.14. The van der Waals surface area contributed by atoms with Gasteiger partial charge in [-0.05, 0) is 54.7 Å². The number of hydrogen-bond donors (Lipinski definition) is 0. The summed E-state index contributed by atoms with van der Waals surface area (Å²) >= 11 is 6.04. The summed E-state index contributed by atoms with van der Waals surface area (Å²) in [5.41, 5.74) is 1.05. The van der Waals surface area contributed by atoms with E-state index in [1.807, 2.05) is 6.07 Å². The number of hydrogen-bond acceptors (Lipinski definition) is 0. The summed E-state index contributed by atoms with van der Waals surface area (Å²) in [4.78, 5) is 0. The molecule has 0 radical (unpaired) electrons. The first-order valence-corrected chi connectivity index (χ1v) is 7.35. The monoisotopic (exact) mass is 270 g/mol. The zero-order chi connectivity index (χ0) is 13.5. The molecule has 18 heavy (non-hydrogen) atoms. The minimum absolute atomic E-state index is 0.156. The summed E-state index contributed by atoms with van der Waals surface area (Å²) in [6.07, 6.45) is 3.23. The fraction of sp³-hybridized carbons (Fsp3) is 0.625. The zero-order valence-corrected chi connectivity index (χ0v) is 12.4. The van der Waals surface area contributed by atoms with E-state index in [0.29, 0.717) is 17.7 Å². The maximum absolute atomic E-state index is 13.1. The standard InChI is InChI=1S/C16H24ClF/c1-12(2)7-13(3)8-15(11-17)9-14-5-4-6-16(18)10-14/h4-6,10,12-13,15H,7-9,11H2,1-3H3. The molecule has 102 valence electrons. The second-order valence-electron chi connectivity index (χ2n) is 5.82. The van der Waals surface area contributed by atoms with Crippen LogP contribution in [0.3, 0.4) is 0 Å². The van der Waals surface area contributed by atoms with E-state index in [1.165, 1.54) is 12.5 Å². The molecule has 0 aromatic heterocycles. The summed E-state index contributed by atoms with van der Waals surface area (Å²) in [6, 6.07) is 6.86. The van der Waals surface area contributed by atoms with Crippen LogP contribution in [0, 0.1) is 23.6 Å². The van der Waals surface area contributed by atoms with Crippen molar-refractivity contribution in [3.05, 3.63) is 35.6 Å². The second kappa shape index (κ2) is 7.78. The third kappa shape index (κ3) is 5.86. The molecule has 0 fully saturated rings. The highest BCUT2D eigenvalue weighted by molar-refractivity contribution is 6.18. The van der Waals surface area contributed by atoms with E-state index in [4.69, 9.17) is 11.6 Å². The minimum atomic E-state index is -0.156. The van der Waals surface area contributed by atoms with Gasteiger partial charge >= 0.3 is 0 Å². The van der Waals surface area contributed by atoms with Crippen LogP contribution in [-0.4, -0.2) is 5.88 Å². The maximum Gasteiger partial charge on any atom is 0.123 e. The van der Waals surface area contributed by atoms with Crippen molar-refractivity contribution in [2.24, 2.45) is 17.8 Å². The summed E-state index contributed by atoms with van der Waals surface area (Å²) in [7, 11) is 0. The zero-order valence-electron chi connectivity index (χ0n) is 11.6. The highest BCUT2D eigenvalue weighted by Crippen LogP contribution is 2.23. The van der Waals surface area contributed by atoms with Gasteiger partial charge in [0.1, 0.15) is 5.82 Å². The van der Waals surface area contributed by atoms with Crippen molar-refractivity contribution in [3.8, 4) is 0 Å². The molecule has 0 aliphatic heterocycles. The fourth-order valence-electron chi connectivity index (χ4n) is 2.67. The smallest absolute Gasteiger partial charge is 0.123 e. The van der Waals surface area contributed by atoms with E-state index in [-0.39, 0.29) is 5.82 Å². The first kappa shape index (κ1) is 15.5. The van der Waals surface area contributed by atoms with Gasteiger partial charge in [-0.25, -0.2) is 4.39 Å². The van der Waals surface area contributed by atoms with Crippen molar-refractivity contribution in [1.29, 1.82) is 0 Å². The van der Waals surface area contributed by atoms with Crippen molar-refractivity contribution in [2.45, 2.75) is 40.0 Å². The minimum Gasteiger partial charge on any atom is -0.207 e. The lowest BCUT2D eigenvalue weighted by molar-refractivity contribution is 0.356. The first-order valence-electron chi connectivity index (χ1n) is 6.81. The van der Waals surface area contributed by atoms with Crippen LogP contribution in [-0.2, 0) is 6.42 Å². The Hall–Kier alpha value is -0.560. The molecule has 1 aromatic carbocycles. The molecule has 1 aromatic rings. The Balaban J connectivity index is 2.51. The van der Waals surface area contributed by atoms with Crippen LogP contribution in [0.1, 0.15) is 39.2 Å². The van der Waals surface area contributed by atoms with Gasteiger partial charge in [-0.2, -0.15) is 0 Å². The maximum atomic E-state index is 13.1. The van der Waals surface area contributed by atoms with Crippen LogP contribution in [0.2, 0.25) is 0 Å². The molecule has 0 saturated heterocycles. The van der Waals surface area contributed by atoms with Crippen LogP contribution in [0.15, 0.2) is 24.3 Å². The SMILES string of the molecule is CC(C)CC(C)CC(CCl)Cc1cccc(F)c1. The van der Waals surface area contributed by atoms with Gasteiger partial charge < -0.3 is 0 Å². The van der Waals surface area contributed by atoms with Crippen molar-refractivity contribution in [1.82, 2.24) is 0 Å². The van der Waals surface area contributed by atoms with Gasteiger partial charge in [0.25, 0.3) is 0 Å². The van der Waals surface area contributed by atoms with Gasteiger partial charge in [0.15, 0.2) is 0 Å². The quantitative estimate of drug-likeness (QED) is 0.590. The lowest BCUT2D eigenvalue weighted by Gasteiger charge is -2.20. The Kier molecular flexibility index (Phi) is 6.70. The summed E-state index contributed by atoms with van der Waals surface area (Å²) in [5, 5.41) is 0. The molecule has 0 amide bonds. The average Bonchev–Trinajstić information content (AvgIpc) is 2.27. The summed E-state index contributed by atoms with van der Waals surface area (Å²) in [5.74, 6) is 2.35. The van der Waals surface area contributed by atoms with Gasteiger partial charge in [0.05, 0.1) is 0 Å². The molecule has 0 N–H and O–H groups in total. The third-order valence-electron chi connectivity index (χ3n) is 3.24. The van der Waals surface area contributed by atoms with Crippen molar-refractivity contribution in [3.63, 3.8) is 0 Å². The van der Waals surface area contributed by atoms with Crippen LogP contribution in [0.5, 0.6) is 0 Å². The molecular weight excluding hydrogens is 247 g/mol. The highest BCUT2D eigenvalue weighted by atomic mass is 35.5. The summed E-state index contributed by atoms with van der Waals surface area (Å²) in [6.45, 7) is 6.78. The molecule has 1 rings (SSSR count). The predicted molar refractivity (Wildman–Crippen MR) is 77.6 cm³/mol. The molecule has 0 aliphatic carbocycles. The second-order valence-corrected chi connectivity index (χ2v) is 6.13. The van der Waals surface area contributed by atoms with Crippen LogP contribution < -0.4 is 0 Å². The van der Waals surface area contributed by atoms with E-state index in [0.717, 1.165) is 24.3 Å². The fourth-order valence-corrected chi connectivity index (χ4v) is 2.90. The molecule has 0 nitrogen and oxygen atoms in total. The molecule has 2 unspecified atom stereocenters.